The van der Waals surface area contributed by atoms with E-state index in [1.807, 2.05) is 24.4 Å². The maximum atomic E-state index is 13.7. The Hall–Kier alpha value is -4.28. The molecule has 0 saturated carbocycles. The van der Waals surface area contributed by atoms with Gasteiger partial charge >= 0.3 is 6.18 Å². The molecule has 34 heavy (non-hydrogen) atoms. The van der Waals surface area contributed by atoms with E-state index >= 15 is 0 Å². The van der Waals surface area contributed by atoms with Crippen LogP contribution in [-0.2, 0) is 12.6 Å². The van der Waals surface area contributed by atoms with E-state index in [0.29, 0.717) is 16.7 Å². The summed E-state index contributed by atoms with van der Waals surface area (Å²) in [5, 5.41) is 7.53. The third kappa shape index (κ3) is 3.96. The van der Waals surface area contributed by atoms with Gasteiger partial charge in [-0.05, 0) is 48.4 Å². The first-order chi connectivity index (χ1) is 16.3. The fourth-order valence-electron chi connectivity index (χ4n) is 3.73. The lowest BCUT2D eigenvalue weighted by Gasteiger charge is -2.09. The summed E-state index contributed by atoms with van der Waals surface area (Å²) in [5.74, 6) is 0.287. The maximum absolute atomic E-state index is 13.7. The molecule has 0 unspecified atom stereocenters. The normalized spacial score (nSPS) is 11.9. The number of hydrogen-bond acceptors (Lipinski definition) is 5. The average molecular weight is 469 g/mol. The molecule has 2 N–H and O–H groups in total. The van der Waals surface area contributed by atoms with Crippen LogP contribution in [0.4, 0.5) is 13.2 Å². The summed E-state index contributed by atoms with van der Waals surface area (Å²) in [7, 11) is 1.58. The Balaban J connectivity index is 1.37. The molecule has 0 atom stereocenters. The van der Waals surface area contributed by atoms with E-state index in [0.717, 1.165) is 22.5 Å². The highest BCUT2D eigenvalue weighted by Crippen LogP contribution is 2.32. The summed E-state index contributed by atoms with van der Waals surface area (Å²) in [6, 6.07) is 10.7. The molecule has 5 aromatic rings. The fraction of sp³-hybridized carbons (Fsp3) is 0.174. The van der Waals surface area contributed by atoms with Crippen LogP contribution in [0.5, 0.6) is 5.75 Å². The van der Waals surface area contributed by atoms with Crippen molar-refractivity contribution in [2.24, 2.45) is 0 Å². The molecular weight excluding hydrogens is 451 g/mol. The smallest absolute Gasteiger partial charge is 0.433 e. The maximum Gasteiger partial charge on any atom is 0.433 e. The highest BCUT2D eigenvalue weighted by atomic mass is 19.4. The van der Waals surface area contributed by atoms with Gasteiger partial charge in [-0.1, -0.05) is 0 Å². The second-order valence-corrected chi connectivity index (χ2v) is 7.53. The van der Waals surface area contributed by atoms with Crippen molar-refractivity contribution in [3.63, 3.8) is 0 Å². The summed E-state index contributed by atoms with van der Waals surface area (Å²) in [4.78, 5) is 20.0. The van der Waals surface area contributed by atoms with Crippen molar-refractivity contribution in [1.82, 2.24) is 24.9 Å². The molecule has 0 radical (unpaired) electrons. The molecule has 4 aromatic heterocycles. The van der Waals surface area contributed by atoms with Crippen molar-refractivity contribution < 1.29 is 27.1 Å². The van der Waals surface area contributed by atoms with E-state index in [9.17, 15) is 18.0 Å². The van der Waals surface area contributed by atoms with Crippen molar-refractivity contribution in [2.75, 3.05) is 13.7 Å². The summed E-state index contributed by atoms with van der Waals surface area (Å²) >= 11 is 0. The molecule has 0 aliphatic heterocycles. The van der Waals surface area contributed by atoms with Gasteiger partial charge in [-0.25, -0.2) is 9.50 Å². The minimum absolute atomic E-state index is 0.00792. The third-order valence-electron chi connectivity index (χ3n) is 5.38. The van der Waals surface area contributed by atoms with E-state index in [2.05, 4.69) is 20.4 Å². The van der Waals surface area contributed by atoms with Crippen molar-refractivity contribution in [3.05, 3.63) is 71.9 Å². The van der Waals surface area contributed by atoms with E-state index in [1.54, 1.807) is 13.2 Å². The van der Waals surface area contributed by atoms with Crippen LogP contribution in [0.1, 0.15) is 21.7 Å². The minimum atomic E-state index is -4.71. The first kappa shape index (κ1) is 21.6. The van der Waals surface area contributed by atoms with Crippen LogP contribution in [0.2, 0.25) is 0 Å². The number of carbonyl (C=O) groups excluding carboxylic acids is 1. The first-order valence-electron chi connectivity index (χ1n) is 10.3. The number of nitrogens with one attached hydrogen (secondary N) is 2. The monoisotopic (exact) mass is 469 g/mol. The predicted octanol–water partition coefficient (Wildman–Crippen LogP) is 4.47. The molecular formula is C23H18F3N5O3. The molecule has 0 aliphatic rings. The van der Waals surface area contributed by atoms with Crippen LogP contribution < -0.4 is 10.1 Å². The van der Waals surface area contributed by atoms with Gasteiger partial charge in [-0.2, -0.15) is 18.3 Å². The Morgan fingerprint density at radius 2 is 2.09 bits per heavy atom. The number of benzene rings is 1. The predicted molar refractivity (Wildman–Crippen MR) is 117 cm³/mol. The molecule has 0 aliphatic carbocycles. The van der Waals surface area contributed by atoms with Gasteiger partial charge in [0.2, 0.25) is 0 Å². The highest BCUT2D eigenvalue weighted by molar-refractivity contribution is 5.93. The van der Waals surface area contributed by atoms with Gasteiger partial charge < -0.3 is 19.5 Å². The number of furan rings is 1. The molecule has 0 saturated heterocycles. The standard InChI is InChI=1S/C23H18F3N5O3/c1-33-14-4-5-16-15(9-14)13(12-28-16)6-7-27-22(32)18-11-21-29-17(19-3-2-8-34-19)10-20(23(24,25)26)31(21)30-18/h2-5,8-12,28H,6-7H2,1H3,(H,27,32). The molecule has 0 spiro atoms. The van der Waals surface area contributed by atoms with Crippen LogP contribution in [0.15, 0.2) is 59.3 Å². The lowest BCUT2D eigenvalue weighted by atomic mass is 10.1. The molecule has 174 valence electrons. The van der Waals surface area contributed by atoms with E-state index in [-0.39, 0.29) is 29.3 Å². The zero-order chi connectivity index (χ0) is 23.9. The van der Waals surface area contributed by atoms with Crippen molar-refractivity contribution in [1.29, 1.82) is 0 Å². The van der Waals surface area contributed by atoms with E-state index < -0.39 is 17.8 Å². The van der Waals surface area contributed by atoms with Gasteiger partial charge in [-0.3, -0.25) is 4.79 Å². The largest absolute Gasteiger partial charge is 0.497 e. The number of methoxy groups -OCH3 is 1. The molecule has 11 heteroatoms. The van der Waals surface area contributed by atoms with Crippen molar-refractivity contribution >= 4 is 22.5 Å². The third-order valence-corrected chi connectivity index (χ3v) is 5.38. The summed E-state index contributed by atoms with van der Waals surface area (Å²) in [6.07, 6.45) is -1.02. The molecule has 0 fully saturated rings. The number of aromatic amines is 1. The molecule has 1 aromatic carbocycles. The molecule has 1 amide bonds. The SMILES string of the molecule is COc1ccc2[nH]cc(CCNC(=O)c3cc4nc(-c5ccco5)cc(C(F)(F)F)n4n3)c2c1. The number of hydrogen-bond donors (Lipinski definition) is 2. The number of amides is 1. The van der Waals surface area contributed by atoms with Gasteiger partial charge in [0.15, 0.2) is 22.8 Å². The fourth-order valence-corrected chi connectivity index (χ4v) is 3.73. The Bertz CT molecular complexity index is 1490. The molecule has 5 rings (SSSR count). The van der Waals surface area contributed by atoms with Crippen molar-refractivity contribution in [3.8, 4) is 17.2 Å². The summed E-state index contributed by atoms with van der Waals surface area (Å²) < 4.78 is 52.0. The van der Waals surface area contributed by atoms with Crippen molar-refractivity contribution in [2.45, 2.75) is 12.6 Å². The van der Waals surface area contributed by atoms with Gasteiger partial charge in [0.05, 0.1) is 13.4 Å². The molecule has 4 heterocycles. The topological polar surface area (TPSA) is 97.4 Å². The zero-order valence-corrected chi connectivity index (χ0v) is 17.8. The van der Waals surface area contributed by atoms with Gasteiger partial charge in [-0.15, -0.1) is 0 Å². The summed E-state index contributed by atoms with van der Waals surface area (Å²) in [5.41, 5.74) is 0.543. The van der Waals surface area contributed by atoms with E-state index in [4.69, 9.17) is 9.15 Å². The second-order valence-electron chi connectivity index (χ2n) is 7.53. The average Bonchev–Trinajstić information content (AvgIpc) is 3.56. The minimum Gasteiger partial charge on any atom is -0.497 e. The lowest BCUT2D eigenvalue weighted by molar-refractivity contribution is -0.142. The van der Waals surface area contributed by atoms with Gasteiger partial charge in [0.25, 0.3) is 5.91 Å². The Labute approximate surface area is 190 Å². The van der Waals surface area contributed by atoms with Gasteiger partial charge in [0.1, 0.15) is 11.4 Å². The first-order valence-corrected chi connectivity index (χ1v) is 10.3. The second kappa shape index (κ2) is 8.25. The molecule has 0 bridgehead atoms. The zero-order valence-electron chi connectivity index (χ0n) is 17.8. The number of aromatic nitrogens is 4. The van der Waals surface area contributed by atoms with Gasteiger partial charge in [0, 0.05) is 29.7 Å². The highest BCUT2D eigenvalue weighted by Gasteiger charge is 2.36. The van der Waals surface area contributed by atoms with Crippen LogP contribution in [-0.4, -0.2) is 39.1 Å². The Kier molecular flexibility index (Phi) is 5.23. The van der Waals surface area contributed by atoms with E-state index in [1.165, 1.54) is 18.4 Å². The quantitative estimate of drug-likeness (QED) is 0.383. The number of rotatable bonds is 6. The van der Waals surface area contributed by atoms with Crippen LogP contribution in [0.3, 0.4) is 0 Å². The summed E-state index contributed by atoms with van der Waals surface area (Å²) in [6.45, 7) is 0.258. The number of halogens is 3. The number of carbonyl (C=O) groups is 1. The lowest BCUT2D eigenvalue weighted by Crippen LogP contribution is -2.26. The number of nitrogens with zero attached hydrogens (tertiary/aromatic N) is 3. The Morgan fingerprint density at radius 1 is 1.24 bits per heavy atom. The number of alkyl halides is 3. The molecule has 8 nitrogen and oxygen atoms in total. The Morgan fingerprint density at radius 3 is 2.82 bits per heavy atom. The van der Waals surface area contributed by atoms with Crippen LogP contribution >= 0.6 is 0 Å². The van der Waals surface area contributed by atoms with Crippen LogP contribution in [0, 0.1) is 0 Å². The number of ether oxygens (including phenoxy) is 1. The van der Waals surface area contributed by atoms with Crippen LogP contribution in [0.25, 0.3) is 28.0 Å². The number of H-pyrrole nitrogens is 1. The number of fused-ring (bicyclic) bond motifs is 2.